The van der Waals surface area contributed by atoms with Crippen LogP contribution in [0.5, 0.6) is 0 Å². The number of H-pyrrole nitrogens is 2. The second-order valence-electron chi connectivity index (χ2n) is 8.94. The smallest absolute Gasteiger partial charge is 0.229 e. The highest BCUT2D eigenvalue weighted by atomic mass is 19.1. The van der Waals surface area contributed by atoms with Gasteiger partial charge in [-0.05, 0) is 36.6 Å². The molecule has 8 nitrogen and oxygen atoms in total. The number of para-hydroxylation sites is 2. The van der Waals surface area contributed by atoms with Crippen molar-refractivity contribution in [2.45, 2.75) is 32.7 Å². The fourth-order valence-corrected chi connectivity index (χ4v) is 4.43. The number of hydrogen-bond acceptors (Lipinski definition) is 4. The van der Waals surface area contributed by atoms with Gasteiger partial charge in [-0.1, -0.05) is 32.0 Å². The highest BCUT2D eigenvalue weighted by Gasteiger charge is 2.38. The van der Waals surface area contributed by atoms with E-state index in [1.165, 1.54) is 11.0 Å². The average Bonchev–Trinajstić information content (AvgIpc) is 3.49. The van der Waals surface area contributed by atoms with Crippen molar-refractivity contribution in [3.8, 4) is 0 Å². The van der Waals surface area contributed by atoms with Crippen molar-refractivity contribution in [2.75, 3.05) is 11.4 Å². The van der Waals surface area contributed by atoms with Crippen LogP contribution in [-0.2, 0) is 9.59 Å². The lowest BCUT2D eigenvalue weighted by atomic mass is 10.0. The minimum atomic E-state index is -0.560. The number of rotatable bonds is 6. The van der Waals surface area contributed by atoms with E-state index in [4.69, 9.17) is 0 Å². The second kappa shape index (κ2) is 8.31. The lowest BCUT2D eigenvalue weighted by molar-refractivity contribution is -0.127. The van der Waals surface area contributed by atoms with Gasteiger partial charge in [0.1, 0.15) is 11.6 Å². The molecule has 0 spiro atoms. The van der Waals surface area contributed by atoms with Gasteiger partial charge in [-0.15, -0.1) is 0 Å². The summed E-state index contributed by atoms with van der Waals surface area (Å²) < 4.78 is 14.4. The molecule has 1 aliphatic rings. The molecule has 33 heavy (non-hydrogen) atoms. The average molecular weight is 449 g/mol. The minimum absolute atomic E-state index is 0.0448. The SMILES string of the molecule is CC(C)CC(NC(=O)C1CC(=O)N(c2n[nH]c3cccc(F)c23)C1)c1nc2ccccc2[nH]1. The van der Waals surface area contributed by atoms with E-state index in [1.54, 1.807) is 12.1 Å². The van der Waals surface area contributed by atoms with E-state index < -0.39 is 11.7 Å². The molecule has 170 valence electrons. The molecule has 3 heterocycles. The highest BCUT2D eigenvalue weighted by molar-refractivity contribution is 6.05. The van der Waals surface area contributed by atoms with Gasteiger partial charge in [0.25, 0.3) is 0 Å². The van der Waals surface area contributed by atoms with Gasteiger partial charge in [-0.25, -0.2) is 9.37 Å². The van der Waals surface area contributed by atoms with Crippen molar-refractivity contribution in [1.29, 1.82) is 0 Å². The van der Waals surface area contributed by atoms with E-state index in [0.29, 0.717) is 23.7 Å². The Balaban J connectivity index is 1.36. The summed E-state index contributed by atoms with van der Waals surface area (Å²) in [7, 11) is 0. The quantitative estimate of drug-likeness (QED) is 0.417. The number of hydrogen-bond donors (Lipinski definition) is 3. The molecule has 0 bridgehead atoms. The number of imidazole rings is 1. The van der Waals surface area contributed by atoms with E-state index in [-0.39, 0.29) is 42.0 Å². The number of benzene rings is 2. The molecular formula is C24H25FN6O2. The first-order chi connectivity index (χ1) is 15.9. The van der Waals surface area contributed by atoms with Crippen molar-refractivity contribution in [3.63, 3.8) is 0 Å². The van der Waals surface area contributed by atoms with Crippen molar-refractivity contribution in [2.24, 2.45) is 11.8 Å². The summed E-state index contributed by atoms with van der Waals surface area (Å²) in [5, 5.41) is 10.3. The molecule has 1 saturated heterocycles. The van der Waals surface area contributed by atoms with E-state index in [2.05, 4.69) is 39.3 Å². The van der Waals surface area contributed by atoms with E-state index in [0.717, 1.165) is 11.0 Å². The number of nitrogens with one attached hydrogen (secondary N) is 3. The van der Waals surface area contributed by atoms with Gasteiger partial charge < -0.3 is 10.3 Å². The van der Waals surface area contributed by atoms with Crippen LogP contribution in [0.1, 0.15) is 38.6 Å². The Morgan fingerprint density at radius 1 is 1.21 bits per heavy atom. The second-order valence-corrected chi connectivity index (χ2v) is 8.94. The first-order valence-corrected chi connectivity index (χ1v) is 11.1. The zero-order valence-electron chi connectivity index (χ0n) is 18.4. The first-order valence-electron chi connectivity index (χ1n) is 11.1. The summed E-state index contributed by atoms with van der Waals surface area (Å²) >= 11 is 0. The number of aromatic nitrogens is 4. The molecule has 2 aromatic carbocycles. The zero-order valence-corrected chi connectivity index (χ0v) is 18.4. The molecule has 5 rings (SSSR count). The molecule has 2 atom stereocenters. The summed E-state index contributed by atoms with van der Waals surface area (Å²) in [6, 6.07) is 12.0. The van der Waals surface area contributed by atoms with Gasteiger partial charge in [0.2, 0.25) is 11.8 Å². The molecule has 3 N–H and O–H groups in total. The molecule has 0 radical (unpaired) electrons. The molecule has 1 fully saturated rings. The Kier molecular flexibility index (Phi) is 5.32. The molecule has 2 unspecified atom stereocenters. The lowest BCUT2D eigenvalue weighted by Gasteiger charge is -2.21. The van der Waals surface area contributed by atoms with E-state index in [1.807, 2.05) is 24.3 Å². The van der Waals surface area contributed by atoms with Crippen LogP contribution in [0.25, 0.3) is 21.9 Å². The van der Waals surface area contributed by atoms with Crippen LogP contribution in [0, 0.1) is 17.7 Å². The predicted molar refractivity (Wildman–Crippen MR) is 123 cm³/mol. The Morgan fingerprint density at radius 2 is 2.00 bits per heavy atom. The van der Waals surface area contributed by atoms with Crippen molar-refractivity contribution in [1.82, 2.24) is 25.5 Å². The molecule has 0 aliphatic carbocycles. The van der Waals surface area contributed by atoms with Gasteiger partial charge in [0.15, 0.2) is 5.82 Å². The molecule has 2 aromatic heterocycles. The first kappa shape index (κ1) is 21.1. The maximum atomic E-state index is 14.4. The van der Waals surface area contributed by atoms with Crippen LogP contribution in [0.2, 0.25) is 0 Å². The standard InChI is InChI=1S/C24H25FN6O2/c1-13(2)10-19(22-26-16-7-3-4-8-17(16)27-22)28-24(33)14-11-20(32)31(12-14)23-21-15(25)6-5-9-18(21)29-30-23/h3-9,13-14,19H,10-12H2,1-2H3,(H,26,27)(H,28,33)(H,29,30). The number of carbonyl (C=O) groups is 2. The molecule has 4 aromatic rings. The number of anilines is 1. The maximum Gasteiger partial charge on any atom is 0.229 e. The monoisotopic (exact) mass is 448 g/mol. The van der Waals surface area contributed by atoms with Gasteiger partial charge in [0.05, 0.1) is 33.9 Å². The summed E-state index contributed by atoms with van der Waals surface area (Å²) in [5.74, 6) is -0.259. The van der Waals surface area contributed by atoms with Crippen molar-refractivity contribution < 1.29 is 14.0 Å². The van der Waals surface area contributed by atoms with Crippen LogP contribution < -0.4 is 10.2 Å². The fraction of sp³-hybridized carbons (Fsp3) is 0.333. The third-order valence-corrected chi connectivity index (χ3v) is 6.03. The number of amides is 2. The van der Waals surface area contributed by atoms with E-state index >= 15 is 0 Å². The van der Waals surface area contributed by atoms with Crippen molar-refractivity contribution in [3.05, 3.63) is 54.1 Å². The number of carbonyl (C=O) groups excluding carboxylic acids is 2. The van der Waals surface area contributed by atoms with Gasteiger partial charge >= 0.3 is 0 Å². The van der Waals surface area contributed by atoms with Crippen LogP contribution in [0.3, 0.4) is 0 Å². The largest absolute Gasteiger partial charge is 0.346 e. The third-order valence-electron chi connectivity index (χ3n) is 6.03. The summed E-state index contributed by atoms with van der Waals surface area (Å²) in [4.78, 5) is 35.3. The maximum absolute atomic E-state index is 14.4. The lowest BCUT2D eigenvalue weighted by Crippen LogP contribution is -2.36. The Labute approximate surface area is 189 Å². The Hall–Kier alpha value is -3.75. The van der Waals surface area contributed by atoms with Gasteiger partial charge in [-0.2, -0.15) is 5.10 Å². The summed E-state index contributed by atoms with van der Waals surface area (Å²) in [6.45, 7) is 4.31. The van der Waals surface area contributed by atoms with E-state index in [9.17, 15) is 14.0 Å². The number of aromatic amines is 2. The molecule has 9 heteroatoms. The fourth-order valence-electron chi connectivity index (χ4n) is 4.43. The van der Waals surface area contributed by atoms with Crippen LogP contribution in [0.4, 0.5) is 10.2 Å². The molecule has 1 aliphatic heterocycles. The minimum Gasteiger partial charge on any atom is -0.346 e. The molecular weight excluding hydrogens is 423 g/mol. The molecule has 0 saturated carbocycles. The number of fused-ring (bicyclic) bond motifs is 2. The topological polar surface area (TPSA) is 107 Å². The van der Waals surface area contributed by atoms with Crippen molar-refractivity contribution >= 4 is 39.6 Å². The number of halogens is 1. The Bertz CT molecular complexity index is 1310. The zero-order chi connectivity index (χ0) is 23.1. The Morgan fingerprint density at radius 3 is 2.79 bits per heavy atom. The van der Waals surface area contributed by atoms with Gasteiger partial charge in [0, 0.05) is 13.0 Å². The van der Waals surface area contributed by atoms with Crippen LogP contribution in [-0.4, -0.2) is 38.5 Å². The molecule has 2 amide bonds. The van der Waals surface area contributed by atoms with Gasteiger partial charge in [-0.3, -0.25) is 19.6 Å². The van der Waals surface area contributed by atoms with Crippen LogP contribution >= 0.6 is 0 Å². The predicted octanol–water partition coefficient (Wildman–Crippen LogP) is 3.83. The third kappa shape index (κ3) is 3.94. The highest BCUT2D eigenvalue weighted by Crippen LogP contribution is 2.32. The normalized spacial score (nSPS) is 17.4. The summed E-state index contributed by atoms with van der Waals surface area (Å²) in [6.07, 6.45) is 0.744. The van der Waals surface area contributed by atoms with Crippen LogP contribution in [0.15, 0.2) is 42.5 Å². The number of nitrogens with zero attached hydrogens (tertiary/aromatic N) is 3. The summed E-state index contributed by atoms with van der Waals surface area (Å²) in [5.41, 5.74) is 2.25.